The second kappa shape index (κ2) is 9.47. The first kappa shape index (κ1) is 21.0. The summed E-state index contributed by atoms with van der Waals surface area (Å²) in [6.45, 7) is 3.09. The molecule has 0 radical (unpaired) electrons. The van der Waals surface area contributed by atoms with E-state index in [9.17, 15) is 22.4 Å². The number of aryl methyl sites for hydroxylation is 1. The van der Waals surface area contributed by atoms with E-state index in [0.717, 1.165) is 5.56 Å². The summed E-state index contributed by atoms with van der Waals surface area (Å²) < 4.78 is 38.5. The predicted molar refractivity (Wildman–Crippen MR) is 90.4 cm³/mol. The van der Waals surface area contributed by atoms with Crippen molar-refractivity contribution < 1.29 is 27.5 Å². The van der Waals surface area contributed by atoms with Gasteiger partial charge in [-0.2, -0.15) is 4.31 Å². The number of halogens is 1. The van der Waals surface area contributed by atoms with Crippen LogP contribution >= 0.6 is 0 Å². The standard InChI is InChI=1S/C16H23FN2O5S/c1-3-19(4-2)25(23,24)13-8-5-12(6-9-13)7-10-15(20)18-14(11-17)16(21)22/h5-6,8-9,14H,3-4,7,10-11H2,1-2H3,(H,18,20)(H,21,22). The topological polar surface area (TPSA) is 104 Å². The average Bonchev–Trinajstić information content (AvgIpc) is 2.58. The average molecular weight is 374 g/mol. The predicted octanol–water partition coefficient (Wildman–Crippen LogP) is 1.19. The van der Waals surface area contributed by atoms with E-state index in [1.165, 1.54) is 16.4 Å². The monoisotopic (exact) mass is 374 g/mol. The molecule has 0 aliphatic heterocycles. The molecule has 0 heterocycles. The highest BCUT2D eigenvalue weighted by Gasteiger charge is 2.21. The Hall–Kier alpha value is -2.00. The summed E-state index contributed by atoms with van der Waals surface area (Å²) in [5.41, 5.74) is 0.723. The molecule has 0 aliphatic rings. The summed E-state index contributed by atoms with van der Waals surface area (Å²) >= 11 is 0. The smallest absolute Gasteiger partial charge is 0.328 e. The second-order valence-electron chi connectivity index (χ2n) is 5.35. The molecule has 0 saturated carbocycles. The molecule has 7 nitrogen and oxygen atoms in total. The molecule has 1 atom stereocenters. The summed E-state index contributed by atoms with van der Waals surface area (Å²) in [5.74, 6) is -2.01. The van der Waals surface area contributed by atoms with Crippen molar-refractivity contribution in [3.05, 3.63) is 29.8 Å². The largest absolute Gasteiger partial charge is 0.480 e. The van der Waals surface area contributed by atoms with Gasteiger partial charge in [-0.05, 0) is 24.1 Å². The number of amides is 1. The van der Waals surface area contributed by atoms with Crippen molar-refractivity contribution in [2.45, 2.75) is 37.6 Å². The van der Waals surface area contributed by atoms with E-state index in [0.29, 0.717) is 13.1 Å². The number of nitrogens with one attached hydrogen (secondary N) is 1. The molecular formula is C16H23FN2O5S. The Labute approximate surface area is 146 Å². The lowest BCUT2D eigenvalue weighted by atomic mass is 10.1. The summed E-state index contributed by atoms with van der Waals surface area (Å²) in [7, 11) is -3.53. The Morgan fingerprint density at radius 1 is 1.20 bits per heavy atom. The lowest BCUT2D eigenvalue weighted by Crippen LogP contribution is -2.42. The van der Waals surface area contributed by atoms with E-state index < -0.39 is 34.6 Å². The van der Waals surface area contributed by atoms with Crippen LogP contribution < -0.4 is 5.32 Å². The molecule has 1 aromatic carbocycles. The molecule has 1 rings (SSSR count). The number of carbonyl (C=O) groups excluding carboxylic acids is 1. The van der Waals surface area contributed by atoms with Gasteiger partial charge >= 0.3 is 5.97 Å². The van der Waals surface area contributed by atoms with Gasteiger partial charge < -0.3 is 10.4 Å². The molecular weight excluding hydrogens is 351 g/mol. The molecule has 0 fully saturated rings. The molecule has 1 aromatic rings. The fourth-order valence-electron chi connectivity index (χ4n) is 2.23. The summed E-state index contributed by atoms with van der Waals surface area (Å²) in [4.78, 5) is 22.5. The van der Waals surface area contributed by atoms with Crippen LogP contribution in [0.5, 0.6) is 0 Å². The number of nitrogens with zero attached hydrogens (tertiary/aromatic N) is 1. The van der Waals surface area contributed by atoms with Crippen molar-refractivity contribution in [2.24, 2.45) is 0 Å². The van der Waals surface area contributed by atoms with Gasteiger partial charge in [-0.3, -0.25) is 4.79 Å². The number of benzene rings is 1. The lowest BCUT2D eigenvalue weighted by Gasteiger charge is -2.18. The summed E-state index contributed by atoms with van der Waals surface area (Å²) in [5, 5.41) is 10.8. The highest BCUT2D eigenvalue weighted by molar-refractivity contribution is 7.89. The van der Waals surface area contributed by atoms with Gasteiger partial charge in [-0.25, -0.2) is 17.6 Å². The Morgan fingerprint density at radius 2 is 1.76 bits per heavy atom. The third-order valence-electron chi connectivity index (χ3n) is 3.69. The van der Waals surface area contributed by atoms with Gasteiger partial charge in [0.2, 0.25) is 15.9 Å². The third kappa shape index (κ3) is 5.79. The van der Waals surface area contributed by atoms with Gasteiger partial charge in [-0.15, -0.1) is 0 Å². The maximum absolute atomic E-state index is 12.5. The van der Waals surface area contributed by atoms with E-state index in [-0.39, 0.29) is 17.7 Å². The number of rotatable bonds is 10. The van der Waals surface area contributed by atoms with Gasteiger partial charge in [0.15, 0.2) is 6.04 Å². The molecule has 9 heteroatoms. The molecule has 0 aliphatic carbocycles. The molecule has 0 saturated heterocycles. The molecule has 2 N–H and O–H groups in total. The minimum absolute atomic E-state index is 0.0219. The summed E-state index contributed by atoms with van der Waals surface area (Å²) in [6, 6.07) is 4.61. The van der Waals surface area contributed by atoms with E-state index in [4.69, 9.17) is 5.11 Å². The number of sulfonamides is 1. The van der Waals surface area contributed by atoms with Crippen LogP contribution in [0.15, 0.2) is 29.2 Å². The maximum Gasteiger partial charge on any atom is 0.328 e. The third-order valence-corrected chi connectivity index (χ3v) is 5.76. The molecule has 0 aromatic heterocycles. The van der Waals surface area contributed by atoms with E-state index in [1.807, 2.05) is 0 Å². The summed E-state index contributed by atoms with van der Waals surface area (Å²) in [6.07, 6.45) is 0.266. The van der Waals surface area contributed by atoms with Crippen molar-refractivity contribution >= 4 is 21.9 Å². The number of hydrogen-bond donors (Lipinski definition) is 2. The van der Waals surface area contributed by atoms with Gasteiger partial charge in [0.05, 0.1) is 4.90 Å². The van der Waals surface area contributed by atoms with Crippen molar-refractivity contribution in [3.63, 3.8) is 0 Å². The first-order valence-corrected chi connectivity index (χ1v) is 9.37. The zero-order valence-corrected chi connectivity index (χ0v) is 15.1. The van der Waals surface area contributed by atoms with Crippen molar-refractivity contribution in [1.29, 1.82) is 0 Å². The highest BCUT2D eigenvalue weighted by Crippen LogP contribution is 2.16. The van der Waals surface area contributed by atoms with E-state index in [1.54, 1.807) is 26.0 Å². The Morgan fingerprint density at radius 3 is 2.20 bits per heavy atom. The number of carboxylic acid groups (broad SMARTS) is 1. The van der Waals surface area contributed by atoms with Crippen LogP contribution in [0.4, 0.5) is 4.39 Å². The van der Waals surface area contributed by atoms with Gasteiger partial charge in [0.1, 0.15) is 6.67 Å². The fourth-order valence-corrected chi connectivity index (χ4v) is 3.69. The molecule has 1 unspecified atom stereocenters. The van der Waals surface area contributed by atoms with E-state index in [2.05, 4.69) is 5.32 Å². The Bertz CT molecular complexity index is 687. The SMILES string of the molecule is CCN(CC)S(=O)(=O)c1ccc(CCC(=O)NC(CF)C(=O)O)cc1. The Balaban J connectivity index is 2.69. The van der Waals surface area contributed by atoms with Crippen LogP contribution in [0.1, 0.15) is 25.8 Å². The zero-order chi connectivity index (χ0) is 19.0. The molecule has 0 bridgehead atoms. The minimum Gasteiger partial charge on any atom is -0.480 e. The van der Waals surface area contributed by atoms with Gasteiger partial charge in [0.25, 0.3) is 0 Å². The van der Waals surface area contributed by atoms with Crippen LogP contribution in [-0.4, -0.2) is 55.5 Å². The number of hydrogen-bond acceptors (Lipinski definition) is 4. The minimum atomic E-state index is -3.53. The molecule has 1 amide bonds. The second-order valence-corrected chi connectivity index (χ2v) is 7.28. The normalized spacial score (nSPS) is 12.8. The number of carboxylic acids is 1. The van der Waals surface area contributed by atoms with Gasteiger partial charge in [0, 0.05) is 19.5 Å². The van der Waals surface area contributed by atoms with Crippen LogP contribution in [0, 0.1) is 0 Å². The van der Waals surface area contributed by atoms with Crippen molar-refractivity contribution in [2.75, 3.05) is 19.8 Å². The number of alkyl halides is 1. The van der Waals surface area contributed by atoms with Crippen LogP contribution in [0.25, 0.3) is 0 Å². The molecule has 25 heavy (non-hydrogen) atoms. The van der Waals surface area contributed by atoms with Crippen LogP contribution in [0.3, 0.4) is 0 Å². The molecule has 0 spiro atoms. The fraction of sp³-hybridized carbons (Fsp3) is 0.500. The molecule has 140 valence electrons. The number of aliphatic carboxylic acids is 1. The first-order chi connectivity index (χ1) is 11.8. The van der Waals surface area contributed by atoms with Crippen molar-refractivity contribution in [3.8, 4) is 0 Å². The van der Waals surface area contributed by atoms with Crippen LogP contribution in [-0.2, 0) is 26.0 Å². The highest BCUT2D eigenvalue weighted by atomic mass is 32.2. The number of carbonyl (C=O) groups is 2. The zero-order valence-electron chi connectivity index (χ0n) is 14.2. The lowest BCUT2D eigenvalue weighted by molar-refractivity contribution is -0.142. The van der Waals surface area contributed by atoms with Gasteiger partial charge in [-0.1, -0.05) is 26.0 Å². The Kier molecular flexibility index (Phi) is 7.98. The maximum atomic E-state index is 12.5. The van der Waals surface area contributed by atoms with Crippen molar-refractivity contribution in [1.82, 2.24) is 9.62 Å². The van der Waals surface area contributed by atoms with Crippen LogP contribution in [0.2, 0.25) is 0 Å². The quantitative estimate of drug-likeness (QED) is 0.640. The first-order valence-electron chi connectivity index (χ1n) is 7.93. The van der Waals surface area contributed by atoms with E-state index >= 15 is 0 Å².